The van der Waals surface area contributed by atoms with Crippen LogP contribution in [0.3, 0.4) is 0 Å². The number of hydrogen-bond acceptors (Lipinski definition) is 3. The van der Waals surface area contributed by atoms with Crippen LogP contribution in [0.15, 0.2) is 23.2 Å². The summed E-state index contributed by atoms with van der Waals surface area (Å²) in [6.45, 7) is 1.66. The fourth-order valence-electron chi connectivity index (χ4n) is 1.25. The third-order valence-corrected chi connectivity index (χ3v) is 3.69. The summed E-state index contributed by atoms with van der Waals surface area (Å²) < 4.78 is 50.7. The number of nitrogens with zero attached hydrogens (tertiary/aromatic N) is 1. The number of guanidine groups is 1. The number of nitrogens with two attached hydrogens (primary N) is 1. The number of halogens is 2. The Hall–Kier alpha value is -1.74. The van der Waals surface area contributed by atoms with Crippen LogP contribution in [-0.4, -0.2) is 33.2 Å². The molecule has 0 aliphatic heterocycles. The maximum atomic E-state index is 13.3. The maximum Gasteiger partial charge on any atom is 0.211 e. The number of rotatable bonds is 6. The van der Waals surface area contributed by atoms with E-state index >= 15 is 0 Å². The van der Waals surface area contributed by atoms with E-state index in [1.165, 1.54) is 6.92 Å². The van der Waals surface area contributed by atoms with E-state index in [1.807, 2.05) is 0 Å². The van der Waals surface area contributed by atoms with Crippen molar-refractivity contribution < 1.29 is 17.2 Å². The van der Waals surface area contributed by atoms with Gasteiger partial charge >= 0.3 is 0 Å². The molecule has 0 spiro atoms. The van der Waals surface area contributed by atoms with Crippen molar-refractivity contribution in [1.29, 1.82) is 0 Å². The highest BCUT2D eigenvalue weighted by Crippen LogP contribution is 2.14. The van der Waals surface area contributed by atoms with E-state index < -0.39 is 21.7 Å². The predicted octanol–water partition coefficient (Wildman–Crippen LogP) is 0.631. The molecule has 0 unspecified atom stereocenters. The summed E-state index contributed by atoms with van der Waals surface area (Å²) in [5.41, 5.74) is 5.34. The first kappa shape index (κ1) is 16.3. The minimum absolute atomic E-state index is 0.0288. The smallest absolute Gasteiger partial charge is 0.211 e. The Morgan fingerprint density at radius 2 is 2.10 bits per heavy atom. The first-order chi connectivity index (χ1) is 9.34. The second kappa shape index (κ2) is 7.15. The van der Waals surface area contributed by atoms with Gasteiger partial charge in [0.05, 0.1) is 18.0 Å². The zero-order valence-corrected chi connectivity index (χ0v) is 11.7. The molecule has 0 amide bonds. The number of benzene rings is 1. The van der Waals surface area contributed by atoms with Crippen molar-refractivity contribution >= 4 is 21.7 Å². The van der Waals surface area contributed by atoms with E-state index in [1.54, 1.807) is 0 Å². The molecular weight excluding hydrogens is 290 g/mol. The van der Waals surface area contributed by atoms with Gasteiger partial charge in [0.15, 0.2) is 5.96 Å². The molecular formula is C11H16F2N4O2S. The molecule has 4 N–H and O–H groups in total. The van der Waals surface area contributed by atoms with E-state index in [9.17, 15) is 17.2 Å². The van der Waals surface area contributed by atoms with Gasteiger partial charge in [-0.05, 0) is 19.1 Å². The predicted molar refractivity (Wildman–Crippen MR) is 73.9 cm³/mol. The number of anilines is 1. The summed E-state index contributed by atoms with van der Waals surface area (Å²) in [6.07, 6.45) is 0. The molecule has 0 saturated heterocycles. The summed E-state index contributed by atoms with van der Waals surface area (Å²) in [4.78, 5) is 3.79. The van der Waals surface area contributed by atoms with E-state index in [0.717, 1.165) is 18.2 Å². The van der Waals surface area contributed by atoms with Gasteiger partial charge in [0.1, 0.15) is 11.6 Å². The molecule has 0 aliphatic rings. The van der Waals surface area contributed by atoms with Crippen molar-refractivity contribution in [2.45, 2.75) is 6.92 Å². The Morgan fingerprint density at radius 3 is 2.75 bits per heavy atom. The lowest BCUT2D eigenvalue weighted by atomic mass is 10.3. The fourth-order valence-corrected chi connectivity index (χ4v) is 1.86. The van der Waals surface area contributed by atoms with Crippen molar-refractivity contribution in [2.24, 2.45) is 10.7 Å². The molecule has 0 saturated carbocycles. The van der Waals surface area contributed by atoms with Gasteiger partial charge in [0.25, 0.3) is 0 Å². The van der Waals surface area contributed by atoms with Gasteiger partial charge in [-0.3, -0.25) is 4.99 Å². The van der Waals surface area contributed by atoms with Gasteiger partial charge in [0.2, 0.25) is 10.0 Å². The molecule has 0 aromatic heterocycles. The molecule has 0 aliphatic carbocycles. The molecule has 9 heteroatoms. The van der Waals surface area contributed by atoms with Crippen molar-refractivity contribution in [2.75, 3.05) is 24.2 Å². The zero-order chi connectivity index (χ0) is 15.2. The van der Waals surface area contributed by atoms with Crippen molar-refractivity contribution in [1.82, 2.24) is 4.72 Å². The summed E-state index contributed by atoms with van der Waals surface area (Å²) in [5, 5.41) is 2.40. The average Bonchev–Trinajstić information content (AvgIpc) is 2.39. The van der Waals surface area contributed by atoms with Gasteiger partial charge < -0.3 is 11.1 Å². The van der Waals surface area contributed by atoms with Crippen LogP contribution in [0.1, 0.15) is 6.92 Å². The molecule has 1 aromatic rings. The second-order valence-electron chi connectivity index (χ2n) is 3.81. The third kappa shape index (κ3) is 5.49. The van der Waals surface area contributed by atoms with Crippen LogP contribution in [0.5, 0.6) is 0 Å². The van der Waals surface area contributed by atoms with E-state index in [-0.39, 0.29) is 30.5 Å². The van der Waals surface area contributed by atoms with E-state index in [4.69, 9.17) is 5.73 Å². The SMILES string of the molecule is CCS(=O)(=O)NCCN=C(N)Nc1cc(F)ccc1F. The molecule has 0 radical (unpaired) electrons. The Labute approximate surface area is 116 Å². The molecule has 20 heavy (non-hydrogen) atoms. The lowest BCUT2D eigenvalue weighted by Gasteiger charge is -2.07. The lowest BCUT2D eigenvalue weighted by molar-refractivity contribution is 0.583. The normalized spacial score (nSPS) is 12.4. The Balaban J connectivity index is 2.52. The lowest BCUT2D eigenvalue weighted by Crippen LogP contribution is -2.29. The van der Waals surface area contributed by atoms with Crippen molar-refractivity contribution in [3.8, 4) is 0 Å². The van der Waals surface area contributed by atoms with Crippen molar-refractivity contribution in [3.05, 3.63) is 29.8 Å². The largest absolute Gasteiger partial charge is 0.370 e. The molecule has 112 valence electrons. The molecule has 6 nitrogen and oxygen atoms in total. The monoisotopic (exact) mass is 306 g/mol. The molecule has 0 bridgehead atoms. The van der Waals surface area contributed by atoms with Crippen molar-refractivity contribution in [3.63, 3.8) is 0 Å². The van der Waals surface area contributed by atoms with Gasteiger partial charge in [-0.25, -0.2) is 21.9 Å². The Bertz CT molecular complexity index is 590. The van der Waals surface area contributed by atoms with E-state index in [0.29, 0.717) is 0 Å². The van der Waals surface area contributed by atoms with Crippen LogP contribution in [-0.2, 0) is 10.0 Å². The average molecular weight is 306 g/mol. The molecule has 1 rings (SSSR count). The van der Waals surface area contributed by atoms with Crippen LogP contribution in [0.25, 0.3) is 0 Å². The topological polar surface area (TPSA) is 96.6 Å². The first-order valence-corrected chi connectivity index (χ1v) is 7.48. The Morgan fingerprint density at radius 1 is 1.40 bits per heavy atom. The molecule has 0 atom stereocenters. The highest BCUT2D eigenvalue weighted by molar-refractivity contribution is 7.89. The zero-order valence-electron chi connectivity index (χ0n) is 10.9. The summed E-state index contributed by atoms with van der Waals surface area (Å²) in [5.74, 6) is -1.45. The molecule has 0 fully saturated rings. The number of sulfonamides is 1. The van der Waals surface area contributed by atoms with Gasteiger partial charge in [-0.15, -0.1) is 0 Å². The van der Waals surface area contributed by atoms with E-state index in [2.05, 4.69) is 15.0 Å². The summed E-state index contributed by atoms with van der Waals surface area (Å²) >= 11 is 0. The van der Waals surface area contributed by atoms with Crippen LogP contribution in [0.4, 0.5) is 14.5 Å². The maximum absolute atomic E-state index is 13.3. The molecule has 0 heterocycles. The van der Waals surface area contributed by atoms with Gasteiger partial charge in [-0.2, -0.15) is 0 Å². The second-order valence-corrected chi connectivity index (χ2v) is 5.91. The summed E-state index contributed by atoms with van der Waals surface area (Å²) in [7, 11) is -3.28. The van der Waals surface area contributed by atoms with Gasteiger partial charge in [-0.1, -0.05) is 0 Å². The minimum Gasteiger partial charge on any atom is -0.370 e. The minimum atomic E-state index is -3.28. The third-order valence-electron chi connectivity index (χ3n) is 2.29. The summed E-state index contributed by atoms with van der Waals surface area (Å²) in [6, 6.07) is 2.88. The van der Waals surface area contributed by atoms with Crippen LogP contribution in [0.2, 0.25) is 0 Å². The van der Waals surface area contributed by atoms with Crippen LogP contribution in [0, 0.1) is 11.6 Å². The van der Waals surface area contributed by atoms with Crippen LogP contribution < -0.4 is 15.8 Å². The quantitative estimate of drug-likeness (QED) is 0.408. The number of hydrogen-bond donors (Lipinski definition) is 3. The standard InChI is InChI=1S/C11H16F2N4O2S/c1-2-20(18,19)16-6-5-15-11(14)17-10-7-8(12)3-4-9(10)13/h3-4,7,16H,2,5-6H2,1H3,(H3,14,15,17). The Kier molecular flexibility index (Phi) is 5.83. The van der Waals surface area contributed by atoms with Crippen LogP contribution >= 0.6 is 0 Å². The van der Waals surface area contributed by atoms with Gasteiger partial charge in [0, 0.05) is 12.6 Å². The number of nitrogens with one attached hydrogen (secondary N) is 2. The molecule has 1 aromatic carbocycles. The highest BCUT2D eigenvalue weighted by atomic mass is 32.2. The fraction of sp³-hybridized carbons (Fsp3) is 0.364. The number of aliphatic imine (C=N–C) groups is 1. The first-order valence-electron chi connectivity index (χ1n) is 5.83. The highest BCUT2D eigenvalue weighted by Gasteiger charge is 2.06.